The molecule has 3 nitrogen and oxygen atoms in total. The first-order chi connectivity index (χ1) is 6.61. The van der Waals surface area contributed by atoms with E-state index >= 15 is 0 Å². The number of nitrogens with one attached hydrogen (secondary N) is 1. The standard InChI is InChI=1S/C11H20N2O/c1-9(2)5-4-6-10(3)13-8-7-12-11(13)14/h7-10H,4-6H2,1-3H3,(H,12,14). The van der Waals surface area contributed by atoms with E-state index < -0.39 is 0 Å². The van der Waals surface area contributed by atoms with Gasteiger partial charge in [0.15, 0.2) is 0 Å². The predicted molar refractivity (Wildman–Crippen MR) is 58.5 cm³/mol. The van der Waals surface area contributed by atoms with Crippen LogP contribution in [0.25, 0.3) is 0 Å². The molecule has 0 amide bonds. The van der Waals surface area contributed by atoms with Crippen molar-refractivity contribution in [3.63, 3.8) is 0 Å². The van der Waals surface area contributed by atoms with E-state index in [1.165, 1.54) is 12.8 Å². The Bertz CT molecular complexity index is 311. The van der Waals surface area contributed by atoms with Crippen LogP contribution in [0.15, 0.2) is 17.2 Å². The summed E-state index contributed by atoms with van der Waals surface area (Å²) in [6.45, 7) is 6.55. The van der Waals surface area contributed by atoms with Crippen LogP contribution in [-0.4, -0.2) is 9.55 Å². The molecule has 3 heteroatoms. The van der Waals surface area contributed by atoms with E-state index in [1.807, 2.05) is 6.20 Å². The summed E-state index contributed by atoms with van der Waals surface area (Å²) in [5.41, 5.74) is 0.00190. The molecule has 1 aromatic rings. The summed E-state index contributed by atoms with van der Waals surface area (Å²) in [5, 5.41) is 0. The molecule has 1 aromatic heterocycles. The summed E-state index contributed by atoms with van der Waals surface area (Å²) in [7, 11) is 0. The number of hydrogen-bond donors (Lipinski definition) is 1. The summed E-state index contributed by atoms with van der Waals surface area (Å²) in [6, 6.07) is 0.312. The fourth-order valence-corrected chi connectivity index (χ4v) is 1.64. The Morgan fingerprint density at radius 3 is 2.57 bits per heavy atom. The quantitative estimate of drug-likeness (QED) is 0.772. The number of imidazole rings is 1. The lowest BCUT2D eigenvalue weighted by Crippen LogP contribution is -2.19. The molecule has 0 saturated heterocycles. The maximum absolute atomic E-state index is 11.3. The summed E-state index contributed by atoms with van der Waals surface area (Å²) < 4.78 is 1.76. The minimum absolute atomic E-state index is 0.00190. The van der Waals surface area contributed by atoms with E-state index in [4.69, 9.17) is 0 Å². The van der Waals surface area contributed by atoms with Crippen molar-refractivity contribution in [3.05, 3.63) is 22.9 Å². The molecule has 1 atom stereocenters. The van der Waals surface area contributed by atoms with Crippen molar-refractivity contribution in [3.8, 4) is 0 Å². The monoisotopic (exact) mass is 196 g/mol. The number of rotatable bonds is 5. The number of hydrogen-bond acceptors (Lipinski definition) is 1. The molecule has 0 aliphatic rings. The van der Waals surface area contributed by atoms with Gasteiger partial charge in [0.05, 0.1) is 0 Å². The average Bonchev–Trinajstić information content (AvgIpc) is 2.50. The van der Waals surface area contributed by atoms with E-state index in [0.29, 0.717) is 6.04 Å². The highest BCUT2D eigenvalue weighted by molar-refractivity contribution is 4.79. The molecule has 1 N–H and O–H groups in total. The largest absolute Gasteiger partial charge is 0.325 e. The molecular weight excluding hydrogens is 176 g/mol. The predicted octanol–water partition coefficient (Wildman–Crippen LogP) is 2.56. The van der Waals surface area contributed by atoms with Crippen molar-refractivity contribution < 1.29 is 0 Å². The van der Waals surface area contributed by atoms with Crippen molar-refractivity contribution >= 4 is 0 Å². The molecule has 80 valence electrons. The van der Waals surface area contributed by atoms with Crippen LogP contribution in [-0.2, 0) is 0 Å². The smallest absolute Gasteiger partial charge is 0.313 e. The van der Waals surface area contributed by atoms with E-state index in [2.05, 4.69) is 25.8 Å². The summed E-state index contributed by atoms with van der Waals surface area (Å²) in [6.07, 6.45) is 7.03. The van der Waals surface area contributed by atoms with Crippen LogP contribution < -0.4 is 5.69 Å². The van der Waals surface area contributed by atoms with Gasteiger partial charge >= 0.3 is 5.69 Å². The van der Waals surface area contributed by atoms with Crippen LogP contribution in [0.2, 0.25) is 0 Å². The topological polar surface area (TPSA) is 37.8 Å². The molecule has 14 heavy (non-hydrogen) atoms. The zero-order chi connectivity index (χ0) is 10.6. The van der Waals surface area contributed by atoms with Crippen LogP contribution in [0.3, 0.4) is 0 Å². The van der Waals surface area contributed by atoms with E-state index in [-0.39, 0.29) is 5.69 Å². The molecule has 1 heterocycles. The van der Waals surface area contributed by atoms with Crippen molar-refractivity contribution in [1.29, 1.82) is 0 Å². The molecule has 0 radical (unpaired) electrons. The van der Waals surface area contributed by atoms with Gasteiger partial charge in [0.25, 0.3) is 0 Å². The first kappa shape index (κ1) is 11.1. The molecule has 0 aromatic carbocycles. The van der Waals surface area contributed by atoms with Gasteiger partial charge in [0.2, 0.25) is 0 Å². The summed E-state index contributed by atoms with van der Waals surface area (Å²) in [5.74, 6) is 0.755. The van der Waals surface area contributed by atoms with Crippen LogP contribution in [0, 0.1) is 5.92 Å². The van der Waals surface area contributed by atoms with Gasteiger partial charge < -0.3 is 4.98 Å². The first-order valence-electron chi connectivity index (χ1n) is 5.36. The minimum Gasteiger partial charge on any atom is -0.313 e. The Balaban J connectivity index is 2.40. The third-order valence-electron chi connectivity index (χ3n) is 2.55. The molecule has 0 saturated carbocycles. The van der Waals surface area contributed by atoms with E-state index in [9.17, 15) is 4.79 Å². The summed E-state index contributed by atoms with van der Waals surface area (Å²) >= 11 is 0. The summed E-state index contributed by atoms with van der Waals surface area (Å²) in [4.78, 5) is 13.9. The second-order valence-electron chi connectivity index (χ2n) is 4.35. The lowest BCUT2D eigenvalue weighted by Gasteiger charge is -2.12. The second kappa shape index (κ2) is 5.03. The average molecular weight is 196 g/mol. The van der Waals surface area contributed by atoms with Gasteiger partial charge in [0, 0.05) is 18.4 Å². The van der Waals surface area contributed by atoms with Crippen molar-refractivity contribution in [1.82, 2.24) is 9.55 Å². The molecular formula is C11H20N2O. The highest BCUT2D eigenvalue weighted by Gasteiger charge is 2.06. The Morgan fingerprint density at radius 2 is 2.07 bits per heavy atom. The van der Waals surface area contributed by atoms with Gasteiger partial charge in [-0.25, -0.2) is 4.79 Å². The highest BCUT2D eigenvalue weighted by Crippen LogP contribution is 2.14. The van der Waals surface area contributed by atoms with Gasteiger partial charge in [-0.2, -0.15) is 0 Å². The minimum atomic E-state index is 0.00190. The Kier molecular flexibility index (Phi) is 3.98. The maximum atomic E-state index is 11.3. The first-order valence-corrected chi connectivity index (χ1v) is 5.36. The van der Waals surface area contributed by atoms with Crippen LogP contribution in [0.4, 0.5) is 0 Å². The van der Waals surface area contributed by atoms with Crippen LogP contribution in [0.1, 0.15) is 46.1 Å². The SMILES string of the molecule is CC(C)CCCC(C)n1cc[nH]c1=O. The molecule has 0 bridgehead atoms. The fraction of sp³-hybridized carbons (Fsp3) is 0.727. The highest BCUT2D eigenvalue weighted by atomic mass is 16.1. The van der Waals surface area contributed by atoms with Gasteiger partial charge in [-0.1, -0.05) is 26.7 Å². The molecule has 1 rings (SSSR count). The molecule has 0 spiro atoms. The second-order valence-corrected chi connectivity index (χ2v) is 4.35. The molecule has 0 fully saturated rings. The van der Waals surface area contributed by atoms with Gasteiger partial charge in [-0.3, -0.25) is 4.57 Å². The molecule has 1 unspecified atom stereocenters. The van der Waals surface area contributed by atoms with Gasteiger partial charge in [-0.15, -0.1) is 0 Å². The van der Waals surface area contributed by atoms with Crippen molar-refractivity contribution in [2.75, 3.05) is 0 Å². The Hall–Kier alpha value is -0.990. The number of aromatic nitrogens is 2. The zero-order valence-corrected chi connectivity index (χ0v) is 9.29. The van der Waals surface area contributed by atoms with Crippen LogP contribution >= 0.6 is 0 Å². The number of aromatic amines is 1. The Labute approximate surface area is 85.2 Å². The van der Waals surface area contributed by atoms with Gasteiger partial charge in [-0.05, 0) is 19.3 Å². The van der Waals surface area contributed by atoms with Gasteiger partial charge in [0.1, 0.15) is 0 Å². The molecule has 0 aliphatic heterocycles. The fourth-order valence-electron chi connectivity index (χ4n) is 1.64. The third-order valence-corrected chi connectivity index (χ3v) is 2.55. The normalized spacial score (nSPS) is 13.4. The maximum Gasteiger partial charge on any atom is 0.325 e. The lowest BCUT2D eigenvalue weighted by atomic mass is 10.0. The van der Waals surface area contributed by atoms with Crippen molar-refractivity contribution in [2.24, 2.45) is 5.92 Å². The third kappa shape index (κ3) is 3.05. The molecule has 0 aliphatic carbocycles. The lowest BCUT2D eigenvalue weighted by molar-refractivity contribution is 0.440. The Morgan fingerprint density at radius 1 is 1.36 bits per heavy atom. The zero-order valence-electron chi connectivity index (χ0n) is 9.29. The van der Waals surface area contributed by atoms with E-state index in [0.717, 1.165) is 12.3 Å². The van der Waals surface area contributed by atoms with Crippen LogP contribution in [0.5, 0.6) is 0 Å². The van der Waals surface area contributed by atoms with Crippen molar-refractivity contribution in [2.45, 2.75) is 46.1 Å². The number of H-pyrrole nitrogens is 1. The van der Waals surface area contributed by atoms with E-state index in [1.54, 1.807) is 10.8 Å². The number of nitrogens with zero attached hydrogens (tertiary/aromatic N) is 1.